The Morgan fingerprint density at radius 3 is 2.22 bits per heavy atom. The summed E-state index contributed by atoms with van der Waals surface area (Å²) in [5.74, 6) is 0. The second-order valence-corrected chi connectivity index (χ2v) is 11.3. The predicted octanol–water partition coefficient (Wildman–Crippen LogP) is 10.5. The third-order valence-corrected chi connectivity index (χ3v) is 8.58. The van der Waals surface area contributed by atoms with Crippen LogP contribution in [0, 0.1) is 19.1 Å². The maximum absolute atomic E-state index is 6.36. The fraction of sp³-hybridized carbons (Fsp3) is 0.0244. The number of pyridine rings is 2. The van der Waals surface area contributed by atoms with Crippen LogP contribution in [0.15, 0.2) is 138 Å². The second-order valence-electron chi connectivity index (χ2n) is 11.3. The van der Waals surface area contributed by atoms with Gasteiger partial charge in [-0.3, -0.25) is 0 Å². The molecule has 5 aromatic heterocycles. The first-order valence-corrected chi connectivity index (χ1v) is 15.0. The van der Waals surface area contributed by atoms with Crippen molar-refractivity contribution < 1.29 is 24.5 Å². The van der Waals surface area contributed by atoms with Gasteiger partial charge in [0, 0.05) is 64.9 Å². The summed E-state index contributed by atoms with van der Waals surface area (Å²) in [6.45, 7) is 2.06. The van der Waals surface area contributed by atoms with Crippen molar-refractivity contribution in [1.82, 2.24) is 14.4 Å². The Balaban J connectivity index is 0.000000204. The maximum atomic E-state index is 6.36. The molecule has 0 bridgehead atoms. The van der Waals surface area contributed by atoms with Gasteiger partial charge in [0.2, 0.25) is 0 Å². The molecule has 0 aliphatic carbocycles. The molecule has 221 valence electrons. The molecule has 10 rings (SSSR count). The Morgan fingerprint density at radius 1 is 0.609 bits per heavy atom. The Morgan fingerprint density at radius 2 is 1.41 bits per heavy atom. The first kappa shape index (κ1) is 28.1. The predicted molar refractivity (Wildman–Crippen MR) is 184 cm³/mol. The molecule has 0 aliphatic heterocycles. The Kier molecular flexibility index (Phi) is 6.87. The van der Waals surface area contributed by atoms with Crippen molar-refractivity contribution in [1.29, 1.82) is 0 Å². The molecule has 0 spiro atoms. The van der Waals surface area contributed by atoms with E-state index in [4.69, 9.17) is 4.42 Å². The Hall–Kier alpha value is -5.35. The number of aromatic nitrogens is 3. The third-order valence-electron chi connectivity index (χ3n) is 8.58. The Labute approximate surface area is 278 Å². The molecule has 5 heterocycles. The number of nitrogens with zero attached hydrogens (tertiary/aromatic N) is 3. The van der Waals surface area contributed by atoms with Crippen molar-refractivity contribution >= 4 is 60.0 Å². The van der Waals surface area contributed by atoms with Gasteiger partial charge in [-0.15, -0.1) is 59.7 Å². The number of benzene rings is 5. The van der Waals surface area contributed by atoms with E-state index >= 15 is 0 Å². The number of hydrogen-bond donors (Lipinski definition) is 0. The van der Waals surface area contributed by atoms with Crippen LogP contribution >= 0.6 is 0 Å². The van der Waals surface area contributed by atoms with Gasteiger partial charge in [-0.2, -0.15) is 0 Å². The van der Waals surface area contributed by atoms with E-state index in [9.17, 15) is 0 Å². The topological polar surface area (TPSA) is 43.3 Å². The van der Waals surface area contributed by atoms with Crippen molar-refractivity contribution in [3.63, 3.8) is 0 Å². The third kappa shape index (κ3) is 4.39. The molecule has 0 amide bonds. The van der Waals surface area contributed by atoms with Crippen LogP contribution in [0.25, 0.3) is 82.5 Å². The normalized spacial score (nSPS) is 11.4. The van der Waals surface area contributed by atoms with E-state index in [-0.39, 0.29) is 20.1 Å². The second kappa shape index (κ2) is 11.2. The molecule has 46 heavy (non-hydrogen) atoms. The smallest absolute Gasteiger partial charge is 0.136 e. The van der Waals surface area contributed by atoms with Gasteiger partial charge < -0.3 is 18.8 Å². The van der Waals surface area contributed by atoms with Crippen LogP contribution in [-0.4, -0.2) is 14.4 Å². The number of rotatable bonds is 2. The van der Waals surface area contributed by atoms with Crippen molar-refractivity contribution in [2.24, 2.45) is 0 Å². The van der Waals surface area contributed by atoms with Crippen molar-refractivity contribution in [2.75, 3.05) is 0 Å². The minimum atomic E-state index is 0. The molecular formula is C41H25IrN3O-2. The molecule has 0 fully saturated rings. The minimum Gasteiger partial charge on any atom is -0.456 e. The molecule has 0 aliphatic rings. The number of aryl methyl sites for hydroxylation is 1. The van der Waals surface area contributed by atoms with Gasteiger partial charge in [-0.25, -0.2) is 0 Å². The van der Waals surface area contributed by atoms with Crippen LogP contribution in [0.3, 0.4) is 0 Å². The molecule has 1 radical (unpaired) electrons. The van der Waals surface area contributed by atoms with E-state index in [0.717, 1.165) is 50.1 Å². The number of hydrogen-bond acceptors (Lipinski definition) is 3. The van der Waals surface area contributed by atoms with E-state index in [1.165, 1.54) is 38.0 Å². The SMILES string of the molecule is Cc1ccc(-c2[c-]cc3c(c2)c2c4c(cc5c6ccccc6n3c52)oc2ccccc24)nc1.[Ir].[c-]1ccccc1-c1ccccn1. The zero-order chi connectivity index (χ0) is 29.9. The van der Waals surface area contributed by atoms with E-state index in [1.54, 1.807) is 6.20 Å². The van der Waals surface area contributed by atoms with Gasteiger partial charge in [0.05, 0.1) is 5.52 Å². The van der Waals surface area contributed by atoms with E-state index in [1.807, 2.05) is 54.7 Å². The van der Waals surface area contributed by atoms with Gasteiger partial charge in [-0.05, 0) is 53.7 Å². The number of furan rings is 1. The summed E-state index contributed by atoms with van der Waals surface area (Å²) < 4.78 is 8.75. The Bertz CT molecular complexity index is 2600. The van der Waals surface area contributed by atoms with Gasteiger partial charge in [0.15, 0.2) is 0 Å². The van der Waals surface area contributed by atoms with E-state index in [0.29, 0.717) is 0 Å². The molecule has 5 heteroatoms. The van der Waals surface area contributed by atoms with E-state index < -0.39 is 0 Å². The summed E-state index contributed by atoms with van der Waals surface area (Å²) in [5, 5.41) is 7.23. The van der Waals surface area contributed by atoms with Gasteiger partial charge in [0.25, 0.3) is 0 Å². The van der Waals surface area contributed by atoms with Crippen LogP contribution in [0.4, 0.5) is 0 Å². The molecule has 0 N–H and O–H groups in total. The van der Waals surface area contributed by atoms with Crippen LogP contribution < -0.4 is 0 Å². The summed E-state index contributed by atoms with van der Waals surface area (Å²) in [6.07, 6.45) is 3.70. The minimum absolute atomic E-state index is 0. The fourth-order valence-electron chi connectivity index (χ4n) is 6.56. The molecular weight excluding hydrogens is 743 g/mol. The number of fused-ring (bicyclic) bond motifs is 10. The van der Waals surface area contributed by atoms with E-state index in [2.05, 4.69) is 106 Å². The van der Waals surface area contributed by atoms with Gasteiger partial charge in [0.1, 0.15) is 11.2 Å². The zero-order valence-corrected chi connectivity index (χ0v) is 27.2. The van der Waals surface area contributed by atoms with Gasteiger partial charge in [-0.1, -0.05) is 66.0 Å². The standard InChI is InChI=1S/C30H17N2O.C11H8N.Ir/c1-17-10-12-23(31-16-17)18-11-13-25-22(14-18)29-28-20-7-3-5-9-26(20)33-27(28)15-21-19-6-2-4-8-24(19)32(25)30(21)29;1-2-6-10(7-3-1)11-8-4-5-9-12-11;/h2-10,12-16H,1H3;1-6,8-9H;/q2*-1;. The zero-order valence-electron chi connectivity index (χ0n) is 24.8. The van der Waals surface area contributed by atoms with Crippen LogP contribution in [0.2, 0.25) is 0 Å². The largest absolute Gasteiger partial charge is 0.456 e. The molecule has 0 saturated carbocycles. The molecule has 0 atom stereocenters. The average molecular weight is 768 g/mol. The van der Waals surface area contributed by atoms with Crippen molar-refractivity contribution in [2.45, 2.75) is 6.92 Å². The molecule has 10 aromatic rings. The fourth-order valence-corrected chi connectivity index (χ4v) is 6.56. The number of para-hydroxylation sites is 2. The van der Waals surface area contributed by atoms with Crippen LogP contribution in [0.5, 0.6) is 0 Å². The summed E-state index contributed by atoms with van der Waals surface area (Å²) in [4.78, 5) is 8.87. The van der Waals surface area contributed by atoms with Crippen LogP contribution in [-0.2, 0) is 20.1 Å². The monoisotopic (exact) mass is 768 g/mol. The van der Waals surface area contributed by atoms with Crippen molar-refractivity contribution in [3.8, 4) is 22.5 Å². The summed E-state index contributed by atoms with van der Waals surface area (Å²) in [7, 11) is 0. The quantitative estimate of drug-likeness (QED) is 0.165. The van der Waals surface area contributed by atoms with Crippen LogP contribution in [0.1, 0.15) is 5.56 Å². The summed E-state index contributed by atoms with van der Waals surface area (Å²) in [6, 6.07) is 48.0. The average Bonchev–Trinajstić information content (AvgIpc) is 3.75. The molecule has 0 saturated heterocycles. The molecule has 0 unspecified atom stereocenters. The maximum Gasteiger partial charge on any atom is 0.136 e. The van der Waals surface area contributed by atoms with Gasteiger partial charge >= 0.3 is 0 Å². The summed E-state index contributed by atoms with van der Waals surface area (Å²) in [5.41, 5.74) is 10.6. The summed E-state index contributed by atoms with van der Waals surface area (Å²) >= 11 is 0. The first-order chi connectivity index (χ1) is 22.2. The molecule has 5 aromatic carbocycles. The molecule has 4 nitrogen and oxygen atoms in total. The van der Waals surface area contributed by atoms with Crippen molar-refractivity contribution in [3.05, 3.63) is 151 Å². The first-order valence-electron chi connectivity index (χ1n) is 15.0.